The number of imide groups is 1. The minimum Gasteiger partial charge on any atom is -0.490 e. The number of carbonyl (C=O) groups excluding carboxylic acids is 3. The van der Waals surface area contributed by atoms with Gasteiger partial charge in [0.25, 0.3) is 11.8 Å². The van der Waals surface area contributed by atoms with E-state index in [4.69, 9.17) is 9.47 Å². The summed E-state index contributed by atoms with van der Waals surface area (Å²) in [6.45, 7) is 3.98. The Morgan fingerprint density at radius 1 is 0.875 bits per heavy atom. The average molecular weight is 494 g/mol. The molecule has 3 aromatic rings. The number of hydrogen-bond acceptors (Lipinski definition) is 5. The monoisotopic (exact) mass is 493 g/mol. The molecule has 0 fully saturated rings. The predicted molar refractivity (Wildman–Crippen MR) is 123 cm³/mol. The van der Waals surface area contributed by atoms with Crippen LogP contribution in [0.4, 0.5) is 5.69 Å². The lowest BCUT2D eigenvalue weighted by atomic mass is 10.1. The van der Waals surface area contributed by atoms with Crippen molar-refractivity contribution < 1.29 is 23.9 Å². The fourth-order valence-electron chi connectivity index (χ4n) is 3.45. The smallest absolute Gasteiger partial charge is 0.338 e. The molecule has 1 aliphatic rings. The van der Waals surface area contributed by atoms with E-state index in [1.807, 2.05) is 38.1 Å². The van der Waals surface area contributed by atoms with E-state index in [1.54, 1.807) is 18.2 Å². The lowest BCUT2D eigenvalue weighted by molar-refractivity contribution is 0.0450. The first-order chi connectivity index (χ1) is 15.3. The average Bonchev–Trinajstić information content (AvgIpc) is 3.03. The van der Waals surface area contributed by atoms with Gasteiger partial charge < -0.3 is 9.47 Å². The van der Waals surface area contributed by atoms with Crippen LogP contribution in [-0.4, -0.2) is 31.0 Å². The molecule has 1 heterocycles. The Bertz CT molecular complexity index is 1220. The number of hydrogen-bond donors (Lipinski definition) is 0. The van der Waals surface area contributed by atoms with E-state index >= 15 is 0 Å². The van der Waals surface area contributed by atoms with Crippen LogP contribution >= 0.6 is 15.9 Å². The molecule has 32 heavy (non-hydrogen) atoms. The highest BCUT2D eigenvalue weighted by atomic mass is 79.9. The van der Waals surface area contributed by atoms with Gasteiger partial charge in [-0.1, -0.05) is 28.1 Å². The normalized spacial score (nSPS) is 12.7. The van der Waals surface area contributed by atoms with E-state index in [-0.39, 0.29) is 29.9 Å². The topological polar surface area (TPSA) is 72.9 Å². The maximum Gasteiger partial charge on any atom is 0.338 e. The van der Waals surface area contributed by atoms with Crippen LogP contribution in [0, 0.1) is 13.8 Å². The largest absolute Gasteiger partial charge is 0.490 e. The SMILES string of the molecule is Cc1ccc(C)c(N2C(=O)c3ccc(C(=O)OCCOc4ccc(Br)cc4)cc3C2=O)c1. The minimum absolute atomic E-state index is 0.0491. The lowest BCUT2D eigenvalue weighted by Crippen LogP contribution is -2.30. The third kappa shape index (κ3) is 4.29. The van der Waals surface area contributed by atoms with Gasteiger partial charge in [-0.3, -0.25) is 9.59 Å². The molecule has 162 valence electrons. The Morgan fingerprint density at radius 3 is 2.34 bits per heavy atom. The molecule has 0 spiro atoms. The zero-order valence-electron chi connectivity index (χ0n) is 17.6. The minimum atomic E-state index is -0.586. The van der Waals surface area contributed by atoms with Crippen molar-refractivity contribution in [2.24, 2.45) is 0 Å². The van der Waals surface area contributed by atoms with Gasteiger partial charge in [-0.05, 0) is 73.5 Å². The molecule has 0 aromatic heterocycles. The second-order valence-electron chi connectivity index (χ2n) is 7.43. The highest BCUT2D eigenvalue weighted by Gasteiger charge is 2.38. The molecule has 4 rings (SSSR count). The lowest BCUT2D eigenvalue weighted by Gasteiger charge is -2.17. The standard InChI is InChI=1S/C25H20BrNO5/c1-15-3-4-16(2)22(13-15)27-23(28)20-10-5-17(14-21(20)24(27)29)25(30)32-12-11-31-19-8-6-18(26)7-9-19/h3-10,13-14H,11-12H2,1-2H3. The van der Waals surface area contributed by atoms with E-state index in [9.17, 15) is 14.4 Å². The molecule has 6 nitrogen and oxygen atoms in total. The number of ether oxygens (including phenoxy) is 2. The van der Waals surface area contributed by atoms with E-state index in [0.717, 1.165) is 20.5 Å². The van der Waals surface area contributed by atoms with E-state index in [0.29, 0.717) is 11.4 Å². The Labute approximate surface area is 193 Å². The van der Waals surface area contributed by atoms with Crippen molar-refractivity contribution in [3.63, 3.8) is 0 Å². The first-order valence-corrected chi connectivity index (χ1v) is 10.8. The van der Waals surface area contributed by atoms with Gasteiger partial charge in [0.2, 0.25) is 0 Å². The van der Waals surface area contributed by atoms with Crippen molar-refractivity contribution in [1.82, 2.24) is 0 Å². The van der Waals surface area contributed by atoms with Crippen LogP contribution in [0.2, 0.25) is 0 Å². The zero-order chi connectivity index (χ0) is 22.8. The van der Waals surface area contributed by atoms with Gasteiger partial charge in [0.05, 0.1) is 22.4 Å². The van der Waals surface area contributed by atoms with Crippen LogP contribution in [-0.2, 0) is 4.74 Å². The number of aryl methyl sites for hydroxylation is 2. The van der Waals surface area contributed by atoms with Gasteiger partial charge in [-0.15, -0.1) is 0 Å². The van der Waals surface area contributed by atoms with E-state index < -0.39 is 17.8 Å². The maximum atomic E-state index is 13.0. The summed E-state index contributed by atoms with van der Waals surface area (Å²) in [6.07, 6.45) is 0. The third-order valence-electron chi connectivity index (χ3n) is 5.13. The number of carbonyl (C=O) groups is 3. The van der Waals surface area contributed by atoms with Crippen molar-refractivity contribution in [3.05, 3.63) is 93.0 Å². The fourth-order valence-corrected chi connectivity index (χ4v) is 3.72. The van der Waals surface area contributed by atoms with Crippen molar-refractivity contribution >= 4 is 39.4 Å². The van der Waals surface area contributed by atoms with Crippen LogP contribution in [0.25, 0.3) is 0 Å². The molecule has 0 bridgehead atoms. The van der Waals surface area contributed by atoms with Crippen molar-refractivity contribution in [2.45, 2.75) is 13.8 Å². The highest BCUT2D eigenvalue weighted by Crippen LogP contribution is 2.32. The van der Waals surface area contributed by atoms with Crippen molar-refractivity contribution in [2.75, 3.05) is 18.1 Å². The van der Waals surface area contributed by atoms with Crippen LogP contribution in [0.1, 0.15) is 42.2 Å². The predicted octanol–water partition coefficient (Wildman–Crippen LogP) is 5.10. The second kappa shape index (κ2) is 8.96. The van der Waals surface area contributed by atoms with Crippen LogP contribution < -0.4 is 9.64 Å². The number of amides is 2. The summed E-state index contributed by atoms with van der Waals surface area (Å²) < 4.78 is 11.7. The maximum absolute atomic E-state index is 13.0. The summed E-state index contributed by atoms with van der Waals surface area (Å²) in [5.41, 5.74) is 2.97. The number of anilines is 1. The van der Waals surface area contributed by atoms with E-state index in [1.165, 1.54) is 18.2 Å². The number of benzene rings is 3. The molecule has 0 radical (unpaired) electrons. The molecule has 0 unspecified atom stereocenters. The van der Waals surface area contributed by atoms with Gasteiger partial charge in [-0.25, -0.2) is 9.69 Å². The first kappa shape index (κ1) is 21.8. The molecule has 3 aromatic carbocycles. The molecule has 1 aliphatic heterocycles. The number of esters is 1. The van der Waals surface area contributed by atoms with Gasteiger partial charge in [-0.2, -0.15) is 0 Å². The summed E-state index contributed by atoms with van der Waals surface area (Å²) >= 11 is 3.35. The molecular formula is C25H20BrNO5. The number of halogens is 1. The molecule has 0 atom stereocenters. The highest BCUT2D eigenvalue weighted by molar-refractivity contribution is 9.10. The quantitative estimate of drug-likeness (QED) is 0.271. The third-order valence-corrected chi connectivity index (χ3v) is 5.66. The van der Waals surface area contributed by atoms with Crippen LogP contribution in [0.5, 0.6) is 5.75 Å². The van der Waals surface area contributed by atoms with Gasteiger partial charge in [0, 0.05) is 4.47 Å². The number of nitrogens with zero attached hydrogens (tertiary/aromatic N) is 1. The van der Waals surface area contributed by atoms with Gasteiger partial charge >= 0.3 is 5.97 Å². The Kier molecular flexibility index (Phi) is 6.10. The fraction of sp³-hybridized carbons (Fsp3) is 0.160. The van der Waals surface area contributed by atoms with Crippen molar-refractivity contribution in [1.29, 1.82) is 0 Å². The summed E-state index contributed by atoms with van der Waals surface area (Å²) in [7, 11) is 0. The molecule has 0 aliphatic carbocycles. The van der Waals surface area contributed by atoms with Gasteiger partial charge in [0.15, 0.2) is 0 Å². The van der Waals surface area contributed by atoms with E-state index in [2.05, 4.69) is 15.9 Å². The Morgan fingerprint density at radius 2 is 1.59 bits per heavy atom. The van der Waals surface area contributed by atoms with Crippen LogP contribution in [0.3, 0.4) is 0 Å². The summed E-state index contributed by atoms with van der Waals surface area (Å²) in [5.74, 6) is -0.775. The zero-order valence-corrected chi connectivity index (χ0v) is 19.1. The molecule has 0 N–H and O–H groups in total. The van der Waals surface area contributed by atoms with Crippen LogP contribution in [0.15, 0.2) is 65.1 Å². The first-order valence-electron chi connectivity index (χ1n) is 10.0. The molecule has 0 saturated heterocycles. The Balaban J connectivity index is 1.44. The summed E-state index contributed by atoms with van der Waals surface area (Å²) in [4.78, 5) is 39.5. The van der Waals surface area contributed by atoms with Crippen molar-refractivity contribution in [3.8, 4) is 5.75 Å². The number of rotatable bonds is 6. The molecule has 2 amide bonds. The molecule has 0 saturated carbocycles. The Hall–Kier alpha value is -3.45. The molecular weight excluding hydrogens is 474 g/mol. The summed E-state index contributed by atoms with van der Waals surface area (Å²) in [6, 6.07) is 17.3. The molecule has 7 heteroatoms. The second-order valence-corrected chi connectivity index (χ2v) is 8.35. The van der Waals surface area contributed by atoms with Gasteiger partial charge in [0.1, 0.15) is 19.0 Å². The summed E-state index contributed by atoms with van der Waals surface area (Å²) in [5, 5.41) is 0. The number of fused-ring (bicyclic) bond motifs is 1.